The highest BCUT2D eigenvalue weighted by atomic mass is 16.5. The van der Waals surface area contributed by atoms with E-state index in [9.17, 15) is 0 Å². The van der Waals surface area contributed by atoms with Gasteiger partial charge in [-0.2, -0.15) is 5.48 Å². The number of pyridine rings is 1. The molecular formula is C8H8N4O. The molecule has 0 unspecified atom stereocenters. The van der Waals surface area contributed by atoms with E-state index in [1.807, 2.05) is 11.5 Å². The number of hydrogen-bond acceptors (Lipinski definition) is 5. The number of hydrogen-bond donors (Lipinski definition) is 2. The minimum absolute atomic E-state index is 0.277. The molecule has 5 nitrogen and oxygen atoms in total. The molecular weight excluding hydrogens is 168 g/mol. The van der Waals surface area contributed by atoms with Crippen LogP contribution in [0.4, 0.5) is 0 Å². The first-order chi connectivity index (χ1) is 6.40. The van der Waals surface area contributed by atoms with E-state index < -0.39 is 0 Å². The average Bonchev–Trinajstić information content (AvgIpc) is 2.18. The minimum Gasteiger partial charge on any atom is -0.316 e. The number of fused-ring (bicyclic) bond motifs is 1. The summed E-state index contributed by atoms with van der Waals surface area (Å²) in [6.07, 6.45) is 3.26. The Kier molecular flexibility index (Phi) is 2.11. The van der Waals surface area contributed by atoms with Crippen LogP contribution in [-0.2, 0) is 6.54 Å². The first-order valence-electron chi connectivity index (χ1n) is 3.84. The lowest BCUT2D eigenvalue weighted by Crippen LogP contribution is -2.08. The van der Waals surface area contributed by atoms with E-state index >= 15 is 0 Å². The molecule has 13 heavy (non-hydrogen) atoms. The largest absolute Gasteiger partial charge is 0.316 e. The fraction of sp³-hybridized carbons (Fsp3) is 0.125. The van der Waals surface area contributed by atoms with Crippen molar-refractivity contribution in [1.29, 1.82) is 0 Å². The molecule has 2 aromatic rings. The van der Waals surface area contributed by atoms with Crippen LogP contribution in [0.5, 0.6) is 0 Å². The van der Waals surface area contributed by atoms with Crippen LogP contribution in [0.25, 0.3) is 11.2 Å². The second-order valence-electron chi connectivity index (χ2n) is 2.54. The summed E-state index contributed by atoms with van der Waals surface area (Å²) < 4.78 is 0. The van der Waals surface area contributed by atoms with E-state index in [1.54, 1.807) is 18.5 Å². The van der Waals surface area contributed by atoms with Crippen molar-refractivity contribution in [3.8, 4) is 0 Å². The summed E-state index contributed by atoms with van der Waals surface area (Å²) in [5.74, 6) is 0. The summed E-state index contributed by atoms with van der Waals surface area (Å²) in [5.41, 5.74) is 4.03. The molecule has 0 atom stereocenters. The third kappa shape index (κ3) is 1.61. The van der Waals surface area contributed by atoms with Gasteiger partial charge in [-0.05, 0) is 12.1 Å². The Labute approximate surface area is 74.4 Å². The molecule has 0 saturated heterocycles. The van der Waals surface area contributed by atoms with E-state index in [4.69, 9.17) is 5.21 Å². The van der Waals surface area contributed by atoms with Gasteiger partial charge in [0.15, 0.2) is 5.65 Å². The monoisotopic (exact) mass is 176 g/mol. The molecule has 0 aliphatic heterocycles. The first kappa shape index (κ1) is 8.03. The number of nitrogens with zero attached hydrogens (tertiary/aromatic N) is 3. The van der Waals surface area contributed by atoms with Crippen molar-refractivity contribution in [2.75, 3.05) is 0 Å². The maximum atomic E-state index is 8.45. The molecule has 2 heterocycles. The van der Waals surface area contributed by atoms with Crippen molar-refractivity contribution in [2.24, 2.45) is 0 Å². The van der Waals surface area contributed by atoms with Crippen LogP contribution in [0.1, 0.15) is 5.69 Å². The van der Waals surface area contributed by atoms with Crippen LogP contribution in [0.15, 0.2) is 24.5 Å². The zero-order valence-electron chi connectivity index (χ0n) is 6.81. The lowest BCUT2D eigenvalue weighted by Gasteiger charge is -1.98. The Hall–Kier alpha value is -1.59. The smallest absolute Gasteiger partial charge is 0.178 e. The van der Waals surface area contributed by atoms with Crippen LogP contribution in [-0.4, -0.2) is 20.2 Å². The summed E-state index contributed by atoms with van der Waals surface area (Å²) >= 11 is 0. The molecule has 0 aliphatic rings. The van der Waals surface area contributed by atoms with E-state index in [-0.39, 0.29) is 6.54 Å². The summed E-state index contributed by atoms with van der Waals surface area (Å²) in [5, 5.41) is 8.45. The molecule has 0 radical (unpaired) electrons. The highest BCUT2D eigenvalue weighted by Crippen LogP contribution is 2.04. The first-order valence-corrected chi connectivity index (χ1v) is 3.84. The molecule has 0 spiro atoms. The van der Waals surface area contributed by atoms with Gasteiger partial charge in [-0.3, -0.25) is 4.98 Å². The normalized spacial score (nSPS) is 10.5. The van der Waals surface area contributed by atoms with Crippen molar-refractivity contribution in [3.05, 3.63) is 30.2 Å². The lowest BCUT2D eigenvalue weighted by atomic mass is 10.4. The highest BCUT2D eigenvalue weighted by Gasteiger charge is 1.98. The van der Waals surface area contributed by atoms with Crippen molar-refractivity contribution in [2.45, 2.75) is 6.54 Å². The highest BCUT2D eigenvalue weighted by molar-refractivity contribution is 5.68. The Bertz CT molecular complexity index is 418. The van der Waals surface area contributed by atoms with Gasteiger partial charge in [0, 0.05) is 6.20 Å². The second kappa shape index (κ2) is 3.42. The molecule has 0 aromatic carbocycles. The van der Waals surface area contributed by atoms with Crippen molar-refractivity contribution in [1.82, 2.24) is 20.4 Å². The zero-order valence-corrected chi connectivity index (χ0v) is 6.81. The van der Waals surface area contributed by atoms with Crippen LogP contribution in [0.2, 0.25) is 0 Å². The van der Waals surface area contributed by atoms with Crippen LogP contribution >= 0.6 is 0 Å². The van der Waals surface area contributed by atoms with E-state index in [0.29, 0.717) is 11.3 Å². The number of rotatable bonds is 2. The fourth-order valence-corrected chi connectivity index (χ4v) is 1.05. The molecule has 5 heteroatoms. The van der Waals surface area contributed by atoms with Crippen LogP contribution in [0, 0.1) is 0 Å². The van der Waals surface area contributed by atoms with Gasteiger partial charge >= 0.3 is 0 Å². The van der Waals surface area contributed by atoms with E-state index in [1.165, 1.54) is 0 Å². The molecule has 2 rings (SSSR count). The Morgan fingerprint density at radius 1 is 1.38 bits per heavy atom. The maximum absolute atomic E-state index is 8.45. The Morgan fingerprint density at radius 3 is 3.15 bits per heavy atom. The molecule has 0 saturated carbocycles. The molecule has 2 aromatic heterocycles. The molecule has 0 fully saturated rings. The maximum Gasteiger partial charge on any atom is 0.178 e. The molecule has 66 valence electrons. The molecule has 2 N–H and O–H groups in total. The predicted molar refractivity (Wildman–Crippen MR) is 46.0 cm³/mol. The standard InChI is InChI=1S/C8H8N4O/c13-11-5-6-4-10-7-2-1-3-9-8(7)12-6/h1-4,11,13H,5H2. The summed E-state index contributed by atoms with van der Waals surface area (Å²) in [6, 6.07) is 3.65. The van der Waals surface area contributed by atoms with Gasteiger partial charge in [0.05, 0.1) is 18.4 Å². The Morgan fingerprint density at radius 2 is 2.31 bits per heavy atom. The van der Waals surface area contributed by atoms with E-state index in [2.05, 4.69) is 15.0 Å². The van der Waals surface area contributed by atoms with Gasteiger partial charge < -0.3 is 5.21 Å². The number of hydroxylamine groups is 1. The third-order valence-electron chi connectivity index (χ3n) is 1.63. The summed E-state index contributed by atoms with van der Waals surface area (Å²) in [4.78, 5) is 12.3. The van der Waals surface area contributed by atoms with Crippen LogP contribution < -0.4 is 5.48 Å². The van der Waals surface area contributed by atoms with E-state index in [0.717, 1.165) is 5.52 Å². The van der Waals surface area contributed by atoms with Crippen molar-refractivity contribution < 1.29 is 5.21 Å². The van der Waals surface area contributed by atoms with Crippen molar-refractivity contribution in [3.63, 3.8) is 0 Å². The van der Waals surface area contributed by atoms with Gasteiger partial charge in [0.25, 0.3) is 0 Å². The van der Waals surface area contributed by atoms with Gasteiger partial charge in [0.1, 0.15) is 5.52 Å². The van der Waals surface area contributed by atoms with Gasteiger partial charge in [-0.15, -0.1) is 0 Å². The predicted octanol–water partition coefficient (Wildman–Crippen LogP) is 0.504. The second-order valence-corrected chi connectivity index (χ2v) is 2.54. The number of nitrogens with one attached hydrogen (secondary N) is 1. The summed E-state index contributed by atoms with van der Waals surface area (Å²) in [6.45, 7) is 0.277. The average molecular weight is 176 g/mol. The van der Waals surface area contributed by atoms with Crippen LogP contribution in [0.3, 0.4) is 0 Å². The minimum atomic E-state index is 0.277. The van der Waals surface area contributed by atoms with Crippen molar-refractivity contribution >= 4 is 11.2 Å². The lowest BCUT2D eigenvalue weighted by molar-refractivity contribution is 0.160. The molecule has 0 aliphatic carbocycles. The quantitative estimate of drug-likeness (QED) is 0.652. The zero-order chi connectivity index (χ0) is 9.10. The third-order valence-corrected chi connectivity index (χ3v) is 1.63. The van der Waals surface area contributed by atoms with Gasteiger partial charge in [0.2, 0.25) is 0 Å². The number of aromatic nitrogens is 3. The summed E-state index contributed by atoms with van der Waals surface area (Å²) in [7, 11) is 0. The fourth-order valence-electron chi connectivity index (χ4n) is 1.05. The SMILES string of the molecule is ONCc1cnc2cccnc2n1. The van der Waals surface area contributed by atoms with Gasteiger partial charge in [-0.25, -0.2) is 9.97 Å². The van der Waals surface area contributed by atoms with Gasteiger partial charge in [-0.1, -0.05) is 0 Å². The Balaban J connectivity index is 2.49. The molecule has 0 bridgehead atoms. The topological polar surface area (TPSA) is 70.9 Å². The molecule has 0 amide bonds.